The molecule has 2 aromatic rings. The molecule has 1 aromatic carbocycles. The summed E-state index contributed by atoms with van der Waals surface area (Å²) in [5, 5.41) is 11.7. The molecule has 1 aromatic heterocycles. The predicted molar refractivity (Wildman–Crippen MR) is 88.2 cm³/mol. The Morgan fingerprint density at radius 3 is 2.77 bits per heavy atom. The summed E-state index contributed by atoms with van der Waals surface area (Å²) in [7, 11) is 3.67. The number of ether oxygens (including phenoxy) is 1. The molecule has 0 fully saturated rings. The van der Waals surface area contributed by atoms with Crippen LogP contribution in [-0.2, 0) is 11.8 Å². The highest BCUT2D eigenvalue weighted by Crippen LogP contribution is 2.21. The number of hydrogen-bond donors (Lipinski definition) is 0. The minimum absolute atomic E-state index is 0.727. The third-order valence-electron chi connectivity index (χ3n) is 4.04. The lowest BCUT2D eigenvalue weighted by Gasteiger charge is -2.06. The maximum atomic E-state index is 9.69. The molecule has 110 valence electrons. The van der Waals surface area contributed by atoms with E-state index in [9.17, 15) is 5.26 Å². The van der Waals surface area contributed by atoms with Crippen molar-refractivity contribution in [3.63, 3.8) is 0 Å². The summed E-state index contributed by atoms with van der Waals surface area (Å²) in [6.07, 6.45) is 6.88. The van der Waals surface area contributed by atoms with Gasteiger partial charge in [-0.3, -0.25) is 0 Å². The average Bonchev–Trinajstić information content (AvgIpc) is 2.66. The summed E-state index contributed by atoms with van der Waals surface area (Å²) in [4.78, 5) is 0. The number of aromatic nitrogens is 1. The smallest absolute Gasteiger partial charge is 0.117 e. The lowest BCUT2D eigenvalue weighted by molar-refractivity contribution is 0.312. The van der Waals surface area contributed by atoms with E-state index in [0.29, 0.717) is 0 Å². The van der Waals surface area contributed by atoms with Crippen molar-refractivity contribution in [3.8, 4) is 17.3 Å². The lowest BCUT2D eigenvalue weighted by Crippen LogP contribution is -2.28. The van der Waals surface area contributed by atoms with Crippen molar-refractivity contribution in [2.24, 2.45) is 7.05 Å². The van der Waals surface area contributed by atoms with E-state index in [4.69, 9.17) is 4.74 Å². The van der Waals surface area contributed by atoms with Gasteiger partial charge in [-0.15, -0.1) is 0 Å². The number of allylic oxidation sites excluding steroid dienone is 2. The highest BCUT2D eigenvalue weighted by Gasteiger charge is 2.15. The first kappa shape index (κ1) is 14.2. The van der Waals surface area contributed by atoms with Crippen molar-refractivity contribution in [1.82, 2.24) is 4.57 Å². The summed E-state index contributed by atoms with van der Waals surface area (Å²) < 4.78 is 7.46. The molecule has 3 nitrogen and oxygen atoms in total. The van der Waals surface area contributed by atoms with Crippen LogP contribution in [0, 0.1) is 18.3 Å². The molecule has 0 amide bonds. The largest absolute Gasteiger partial charge is 0.497 e. The summed E-state index contributed by atoms with van der Waals surface area (Å²) in [6.45, 7) is 2.06. The normalized spacial score (nSPS) is 13.1. The molecule has 0 bridgehead atoms. The molecule has 0 atom stereocenters. The molecule has 0 spiro atoms. The van der Waals surface area contributed by atoms with E-state index in [2.05, 4.69) is 41.8 Å². The molecule has 22 heavy (non-hydrogen) atoms. The van der Waals surface area contributed by atoms with Crippen LogP contribution in [-0.4, -0.2) is 11.7 Å². The van der Waals surface area contributed by atoms with E-state index < -0.39 is 0 Å². The second kappa shape index (κ2) is 5.57. The van der Waals surface area contributed by atoms with Crippen molar-refractivity contribution in [3.05, 3.63) is 57.8 Å². The van der Waals surface area contributed by atoms with Crippen LogP contribution in [0.1, 0.15) is 17.5 Å². The second-order valence-corrected chi connectivity index (χ2v) is 5.46. The third-order valence-corrected chi connectivity index (χ3v) is 4.04. The summed E-state index contributed by atoms with van der Waals surface area (Å²) in [6, 6.07) is 10.6. The fraction of sp³-hybridized carbons (Fsp3) is 0.211. The maximum absolute atomic E-state index is 9.69. The number of methoxy groups -OCH3 is 1. The molecule has 0 N–H and O–H groups in total. The number of nitrogens with zero attached hydrogens (tertiary/aromatic N) is 2. The van der Waals surface area contributed by atoms with Gasteiger partial charge in [0.15, 0.2) is 0 Å². The first-order valence-corrected chi connectivity index (χ1v) is 7.27. The predicted octanol–water partition coefficient (Wildman–Crippen LogP) is 2.37. The Hall–Kier alpha value is -2.73. The topological polar surface area (TPSA) is 37.9 Å². The van der Waals surface area contributed by atoms with Crippen LogP contribution in [0.25, 0.3) is 23.4 Å². The van der Waals surface area contributed by atoms with E-state index >= 15 is 0 Å². The minimum atomic E-state index is 0.727. The van der Waals surface area contributed by atoms with Crippen molar-refractivity contribution in [1.29, 1.82) is 5.26 Å². The zero-order valence-electron chi connectivity index (χ0n) is 13.1. The standard InChI is InChI=1S/C19H18N2O/c1-13-6-4-7-14(10-13)19-17(12-20)16-9-5-8-15(22-3)11-18(16)21(19)2/h4,6-11H,5H2,1-3H3. The van der Waals surface area contributed by atoms with E-state index in [-0.39, 0.29) is 0 Å². The number of nitriles is 1. The molecular weight excluding hydrogens is 272 g/mol. The van der Waals surface area contributed by atoms with Gasteiger partial charge in [0.2, 0.25) is 0 Å². The van der Waals surface area contributed by atoms with Crippen LogP contribution < -0.4 is 10.6 Å². The highest BCUT2D eigenvalue weighted by atomic mass is 16.5. The summed E-state index contributed by atoms with van der Waals surface area (Å²) in [5.41, 5.74) is 3.94. The van der Waals surface area contributed by atoms with Crippen LogP contribution in [0.4, 0.5) is 0 Å². The second-order valence-electron chi connectivity index (χ2n) is 5.46. The van der Waals surface area contributed by atoms with Crippen LogP contribution in [0.3, 0.4) is 0 Å². The Kier molecular flexibility index (Phi) is 3.60. The molecule has 0 radical (unpaired) electrons. The lowest BCUT2D eigenvalue weighted by atomic mass is 10.0. The fourth-order valence-electron chi connectivity index (χ4n) is 2.98. The number of aryl methyl sites for hydroxylation is 1. The van der Waals surface area contributed by atoms with Gasteiger partial charge in [0.1, 0.15) is 11.8 Å². The number of hydrogen-bond acceptors (Lipinski definition) is 2. The molecule has 3 heteroatoms. The van der Waals surface area contributed by atoms with Gasteiger partial charge in [0.25, 0.3) is 0 Å². The van der Waals surface area contributed by atoms with Crippen LogP contribution >= 0.6 is 0 Å². The van der Waals surface area contributed by atoms with Crippen LogP contribution in [0.15, 0.2) is 36.1 Å². The zero-order chi connectivity index (χ0) is 15.7. The van der Waals surface area contributed by atoms with E-state index in [0.717, 1.165) is 39.6 Å². The molecule has 0 saturated carbocycles. The van der Waals surface area contributed by atoms with Gasteiger partial charge in [-0.2, -0.15) is 5.26 Å². The van der Waals surface area contributed by atoms with Gasteiger partial charge in [-0.25, -0.2) is 0 Å². The van der Waals surface area contributed by atoms with Gasteiger partial charge in [-0.05, 0) is 31.1 Å². The molecule has 1 heterocycles. The fourth-order valence-corrected chi connectivity index (χ4v) is 2.98. The highest BCUT2D eigenvalue weighted by molar-refractivity contribution is 5.70. The van der Waals surface area contributed by atoms with Crippen molar-refractivity contribution >= 4 is 12.2 Å². The van der Waals surface area contributed by atoms with Crippen LogP contribution in [0.5, 0.6) is 0 Å². The molecular formula is C19H18N2O. The van der Waals surface area contributed by atoms with Crippen molar-refractivity contribution in [2.75, 3.05) is 7.11 Å². The monoisotopic (exact) mass is 290 g/mol. The first-order chi connectivity index (χ1) is 10.7. The Bertz CT molecular complexity index is 924. The first-order valence-electron chi connectivity index (χ1n) is 7.27. The molecule has 1 aliphatic carbocycles. The van der Waals surface area contributed by atoms with Gasteiger partial charge in [0, 0.05) is 18.3 Å². The number of benzene rings is 1. The molecule has 0 unspecified atom stereocenters. The quantitative estimate of drug-likeness (QED) is 0.851. The van der Waals surface area contributed by atoms with Crippen LogP contribution in [0.2, 0.25) is 0 Å². The van der Waals surface area contributed by atoms with Gasteiger partial charge in [0.05, 0.1) is 23.7 Å². The third kappa shape index (κ3) is 2.23. The zero-order valence-corrected chi connectivity index (χ0v) is 13.1. The molecule has 0 aliphatic heterocycles. The minimum Gasteiger partial charge on any atom is -0.497 e. The van der Waals surface area contributed by atoms with Gasteiger partial charge in [-0.1, -0.05) is 29.8 Å². The van der Waals surface area contributed by atoms with Crippen molar-refractivity contribution < 1.29 is 4.74 Å². The number of fused-ring (bicyclic) bond motifs is 1. The SMILES string of the molecule is COC1=CCC=c2c(C#N)c(-c3cccc(C)c3)n(C)c2=C1. The number of rotatable bonds is 2. The van der Waals surface area contributed by atoms with Crippen molar-refractivity contribution in [2.45, 2.75) is 13.3 Å². The molecule has 1 aliphatic rings. The Morgan fingerprint density at radius 2 is 2.09 bits per heavy atom. The summed E-state index contributed by atoms with van der Waals surface area (Å²) >= 11 is 0. The maximum Gasteiger partial charge on any atom is 0.117 e. The van der Waals surface area contributed by atoms with E-state index in [1.807, 2.05) is 25.3 Å². The Balaban J connectivity index is 2.38. The van der Waals surface area contributed by atoms with E-state index in [1.165, 1.54) is 5.56 Å². The van der Waals surface area contributed by atoms with Gasteiger partial charge < -0.3 is 9.30 Å². The summed E-state index contributed by atoms with van der Waals surface area (Å²) in [5.74, 6) is 0.830. The van der Waals surface area contributed by atoms with E-state index in [1.54, 1.807) is 7.11 Å². The molecule has 3 rings (SSSR count). The average molecular weight is 290 g/mol. The molecule has 0 saturated heterocycles. The Morgan fingerprint density at radius 1 is 1.27 bits per heavy atom. The van der Waals surface area contributed by atoms with Gasteiger partial charge >= 0.3 is 0 Å². The Labute approximate surface area is 130 Å².